The van der Waals surface area contributed by atoms with Crippen LogP contribution in [0.5, 0.6) is 0 Å². The van der Waals surface area contributed by atoms with Gasteiger partial charge >= 0.3 is 12.1 Å². The number of imidazole rings is 1. The zero-order valence-electron chi connectivity index (χ0n) is 19.1. The number of methoxy groups -OCH3 is 1. The van der Waals surface area contributed by atoms with Crippen molar-refractivity contribution in [3.8, 4) is 11.3 Å². The number of hydrogen-bond donors (Lipinski definition) is 1. The number of pyridine rings is 1. The molecule has 35 heavy (non-hydrogen) atoms. The van der Waals surface area contributed by atoms with E-state index in [1.54, 1.807) is 25.6 Å². The van der Waals surface area contributed by atoms with Crippen LogP contribution < -0.4 is 5.32 Å². The second-order valence-electron chi connectivity index (χ2n) is 8.40. The summed E-state index contributed by atoms with van der Waals surface area (Å²) in [5.41, 5.74) is 3.69. The van der Waals surface area contributed by atoms with Gasteiger partial charge in [-0.15, -0.1) is 0 Å². The highest BCUT2D eigenvalue weighted by Crippen LogP contribution is 2.44. The molecule has 0 bridgehead atoms. The molecule has 1 saturated carbocycles. The van der Waals surface area contributed by atoms with Gasteiger partial charge in [-0.3, -0.25) is 9.67 Å². The Labute approximate surface area is 197 Å². The lowest BCUT2D eigenvalue weighted by molar-refractivity contribution is -0.142. The summed E-state index contributed by atoms with van der Waals surface area (Å²) in [5, 5.41) is 6.85. The number of anilines is 2. The second kappa shape index (κ2) is 8.32. The molecule has 1 aliphatic carbocycles. The lowest BCUT2D eigenvalue weighted by Gasteiger charge is -2.14. The number of nitrogens with one attached hydrogen (secondary N) is 1. The number of halogens is 3. The van der Waals surface area contributed by atoms with E-state index in [1.807, 2.05) is 11.6 Å². The molecule has 5 rings (SSSR count). The van der Waals surface area contributed by atoms with Crippen molar-refractivity contribution in [1.82, 2.24) is 34.3 Å². The van der Waals surface area contributed by atoms with Crippen molar-refractivity contribution in [2.24, 2.45) is 7.05 Å². The summed E-state index contributed by atoms with van der Waals surface area (Å²) >= 11 is 0. The quantitative estimate of drug-likeness (QED) is 0.409. The number of ether oxygens (including phenoxy) is 1. The third kappa shape index (κ3) is 4.40. The van der Waals surface area contributed by atoms with Crippen molar-refractivity contribution >= 4 is 28.5 Å². The van der Waals surface area contributed by atoms with E-state index in [0.717, 1.165) is 23.0 Å². The van der Waals surface area contributed by atoms with Crippen LogP contribution in [0.1, 0.15) is 40.6 Å². The van der Waals surface area contributed by atoms with Gasteiger partial charge in [-0.25, -0.2) is 19.7 Å². The molecule has 0 aromatic carbocycles. The summed E-state index contributed by atoms with van der Waals surface area (Å²) in [6, 6.07) is 0. The number of alkyl halides is 3. The third-order valence-electron chi connectivity index (χ3n) is 5.70. The minimum Gasteiger partial charge on any atom is -0.464 e. The van der Waals surface area contributed by atoms with Crippen LogP contribution in [0, 0.1) is 6.92 Å². The number of fused-ring (bicyclic) bond motifs is 1. The molecule has 0 radical (unpaired) electrons. The molecular formula is C22H21F3N8O2. The topological polar surface area (TPSA) is 113 Å². The number of nitrogens with zero attached hydrogens (tertiary/aromatic N) is 7. The first kappa shape index (κ1) is 22.7. The van der Waals surface area contributed by atoms with Gasteiger partial charge in [0, 0.05) is 30.9 Å². The number of esters is 1. The van der Waals surface area contributed by atoms with Crippen LogP contribution in [0.25, 0.3) is 22.3 Å². The Kier molecular flexibility index (Phi) is 5.41. The highest BCUT2D eigenvalue weighted by molar-refractivity contribution is 5.96. The van der Waals surface area contributed by atoms with E-state index in [1.165, 1.54) is 13.3 Å². The predicted molar refractivity (Wildman–Crippen MR) is 119 cm³/mol. The Morgan fingerprint density at radius 1 is 1.26 bits per heavy atom. The van der Waals surface area contributed by atoms with Gasteiger partial charge in [0.25, 0.3) is 0 Å². The van der Waals surface area contributed by atoms with E-state index < -0.39 is 18.7 Å². The fourth-order valence-electron chi connectivity index (χ4n) is 3.86. The molecule has 0 amide bonds. The van der Waals surface area contributed by atoms with Gasteiger partial charge in [0.15, 0.2) is 11.5 Å². The first-order valence-electron chi connectivity index (χ1n) is 10.8. The maximum absolute atomic E-state index is 12.8. The molecule has 4 heterocycles. The van der Waals surface area contributed by atoms with E-state index in [9.17, 15) is 18.0 Å². The molecule has 1 fully saturated rings. The highest BCUT2D eigenvalue weighted by Gasteiger charge is 2.33. The van der Waals surface area contributed by atoms with E-state index in [-0.39, 0.29) is 23.1 Å². The molecule has 10 nitrogen and oxygen atoms in total. The summed E-state index contributed by atoms with van der Waals surface area (Å²) in [6.45, 7) is 0.322. The maximum Gasteiger partial charge on any atom is 0.408 e. The zero-order chi connectivity index (χ0) is 24.9. The van der Waals surface area contributed by atoms with Gasteiger partial charge in [0.2, 0.25) is 0 Å². The van der Waals surface area contributed by atoms with Crippen molar-refractivity contribution in [1.29, 1.82) is 0 Å². The van der Waals surface area contributed by atoms with Crippen molar-refractivity contribution in [3.63, 3.8) is 0 Å². The monoisotopic (exact) mass is 486 g/mol. The normalized spacial score (nSPS) is 13.9. The van der Waals surface area contributed by atoms with Crippen LogP contribution in [0.15, 0.2) is 24.9 Å². The predicted octanol–water partition coefficient (Wildman–Crippen LogP) is 3.90. The van der Waals surface area contributed by atoms with Crippen LogP contribution in [0.4, 0.5) is 24.7 Å². The van der Waals surface area contributed by atoms with E-state index >= 15 is 0 Å². The Morgan fingerprint density at radius 3 is 2.71 bits per heavy atom. The van der Waals surface area contributed by atoms with Crippen molar-refractivity contribution in [3.05, 3.63) is 42.0 Å². The van der Waals surface area contributed by atoms with Crippen molar-refractivity contribution in [2.45, 2.75) is 38.4 Å². The summed E-state index contributed by atoms with van der Waals surface area (Å²) in [7, 11) is 3.07. The Bertz CT molecular complexity index is 1440. The minimum atomic E-state index is -4.42. The third-order valence-corrected chi connectivity index (χ3v) is 5.70. The number of aryl methyl sites for hydroxylation is 2. The van der Waals surface area contributed by atoms with Crippen LogP contribution >= 0.6 is 0 Å². The summed E-state index contributed by atoms with van der Waals surface area (Å²) in [5.74, 6) is -0.541. The molecule has 1 N–H and O–H groups in total. The Balaban J connectivity index is 1.63. The molecule has 0 spiro atoms. The maximum atomic E-state index is 12.8. The minimum absolute atomic E-state index is 0.0818. The average Bonchev–Trinajstić information content (AvgIpc) is 3.51. The van der Waals surface area contributed by atoms with Gasteiger partial charge < -0.3 is 14.6 Å². The van der Waals surface area contributed by atoms with Crippen molar-refractivity contribution in [2.75, 3.05) is 12.4 Å². The highest BCUT2D eigenvalue weighted by atomic mass is 19.4. The van der Waals surface area contributed by atoms with Crippen LogP contribution in [0.2, 0.25) is 0 Å². The van der Waals surface area contributed by atoms with Crippen molar-refractivity contribution < 1.29 is 22.7 Å². The van der Waals surface area contributed by atoms with Gasteiger partial charge in [0.05, 0.1) is 47.9 Å². The summed E-state index contributed by atoms with van der Waals surface area (Å²) in [4.78, 5) is 30.8. The van der Waals surface area contributed by atoms with Crippen LogP contribution in [-0.2, 0) is 18.3 Å². The Morgan fingerprint density at radius 2 is 2.03 bits per heavy atom. The molecule has 0 unspecified atom stereocenters. The lowest BCUT2D eigenvalue weighted by atomic mass is 10.1. The van der Waals surface area contributed by atoms with E-state index in [2.05, 4.69) is 25.4 Å². The van der Waals surface area contributed by atoms with E-state index in [0.29, 0.717) is 28.2 Å². The SMILES string of the molecule is COC(=O)c1nc(-c2cncc3c2ncn3C)c(C2CC2)nc1Nc1cn(CC(F)(F)F)nc1C. The Hall–Kier alpha value is -4.03. The lowest BCUT2D eigenvalue weighted by Crippen LogP contribution is -2.18. The molecule has 13 heteroatoms. The van der Waals surface area contributed by atoms with Gasteiger partial charge in [-0.2, -0.15) is 18.3 Å². The largest absolute Gasteiger partial charge is 0.464 e. The smallest absolute Gasteiger partial charge is 0.408 e. The van der Waals surface area contributed by atoms with Crippen LogP contribution in [-0.4, -0.2) is 53.5 Å². The van der Waals surface area contributed by atoms with Gasteiger partial charge in [0.1, 0.15) is 12.1 Å². The number of carbonyl (C=O) groups excluding carboxylic acids is 1. The van der Waals surface area contributed by atoms with E-state index in [4.69, 9.17) is 9.72 Å². The average molecular weight is 486 g/mol. The molecule has 0 aliphatic heterocycles. The summed E-state index contributed by atoms with van der Waals surface area (Å²) in [6.07, 6.45) is 3.57. The first-order chi connectivity index (χ1) is 16.6. The number of carbonyl (C=O) groups is 1. The fraction of sp³-hybridized carbons (Fsp3) is 0.364. The molecule has 1 aliphatic rings. The van der Waals surface area contributed by atoms with Gasteiger partial charge in [-0.1, -0.05) is 0 Å². The molecule has 0 atom stereocenters. The molecule has 182 valence electrons. The molecular weight excluding hydrogens is 465 g/mol. The fourth-order valence-corrected chi connectivity index (χ4v) is 3.86. The molecule has 4 aromatic rings. The second-order valence-corrected chi connectivity index (χ2v) is 8.40. The number of aromatic nitrogens is 7. The summed E-state index contributed by atoms with van der Waals surface area (Å²) < 4.78 is 46.0. The molecule has 4 aromatic heterocycles. The molecule has 0 saturated heterocycles. The van der Waals surface area contributed by atoms with Gasteiger partial charge in [-0.05, 0) is 19.8 Å². The first-order valence-corrected chi connectivity index (χ1v) is 10.8. The number of rotatable bonds is 6. The standard InChI is InChI=1S/C22H21F3N8O2/c1-11-14(8-33(31-11)9-22(23,24)25)28-20-19(21(34)35-3)29-18(16(30-20)12-4-5-12)13-6-26-7-15-17(13)27-10-32(15)2/h6-8,10,12H,4-5,9H2,1-3H3,(H,28,30). The zero-order valence-corrected chi connectivity index (χ0v) is 19.1. The van der Waals surface area contributed by atoms with Crippen LogP contribution in [0.3, 0.4) is 0 Å². The number of hydrogen-bond acceptors (Lipinski definition) is 8.